The Bertz CT molecular complexity index is 1250. The summed E-state index contributed by atoms with van der Waals surface area (Å²) in [6.45, 7) is 7.50. The number of carboxylic acids is 1. The number of carbonyl (C=O) groups excluding carboxylic acids is 1. The number of nitrogens with one attached hydrogen (secondary N) is 1. The lowest BCUT2D eigenvalue weighted by Crippen LogP contribution is -2.43. The van der Waals surface area contributed by atoms with Crippen molar-refractivity contribution in [2.24, 2.45) is 5.41 Å². The van der Waals surface area contributed by atoms with Crippen LogP contribution in [-0.4, -0.2) is 29.4 Å². The topological polar surface area (TPSA) is 84.9 Å². The summed E-state index contributed by atoms with van der Waals surface area (Å²) < 4.78 is 47.2. The highest BCUT2D eigenvalue weighted by atomic mass is 19.4. The zero-order valence-corrected chi connectivity index (χ0v) is 20.4. The maximum absolute atomic E-state index is 13.2. The van der Waals surface area contributed by atoms with Gasteiger partial charge in [0.05, 0.1) is 5.56 Å². The number of aryl methyl sites for hydroxylation is 1. The molecule has 6 nitrogen and oxygen atoms in total. The lowest BCUT2D eigenvalue weighted by atomic mass is 9.88. The van der Waals surface area contributed by atoms with Crippen molar-refractivity contribution in [2.45, 2.75) is 53.1 Å². The van der Waals surface area contributed by atoms with Crippen LogP contribution in [0.3, 0.4) is 0 Å². The van der Waals surface area contributed by atoms with Gasteiger partial charge in [-0.2, -0.15) is 0 Å². The molecule has 36 heavy (non-hydrogen) atoms. The van der Waals surface area contributed by atoms with E-state index in [1.54, 1.807) is 12.1 Å². The quantitative estimate of drug-likeness (QED) is 0.380. The van der Waals surface area contributed by atoms with Crippen molar-refractivity contribution < 1.29 is 37.3 Å². The Kier molecular flexibility index (Phi) is 7.81. The summed E-state index contributed by atoms with van der Waals surface area (Å²) in [6.07, 6.45) is -4.56. The fourth-order valence-electron chi connectivity index (χ4n) is 3.73. The summed E-state index contributed by atoms with van der Waals surface area (Å²) in [5.41, 5.74) is 1.30. The van der Waals surface area contributed by atoms with Crippen LogP contribution in [0.5, 0.6) is 11.5 Å². The average Bonchev–Trinajstić information content (AvgIpc) is 2.75. The molecule has 9 heteroatoms. The molecule has 1 amide bonds. The van der Waals surface area contributed by atoms with Crippen molar-refractivity contribution in [1.29, 1.82) is 0 Å². The Morgan fingerprint density at radius 1 is 1.00 bits per heavy atom. The number of fused-ring (bicyclic) bond motifs is 1. The summed E-state index contributed by atoms with van der Waals surface area (Å²) >= 11 is 0. The third-order valence-electron chi connectivity index (χ3n) is 5.33. The zero-order chi connectivity index (χ0) is 26.7. The first-order valence-electron chi connectivity index (χ1n) is 11.3. The van der Waals surface area contributed by atoms with Crippen molar-refractivity contribution in [3.8, 4) is 11.5 Å². The molecule has 0 saturated heterocycles. The smallest absolute Gasteiger partial charge is 0.487 e. The second kappa shape index (κ2) is 10.5. The molecule has 3 rings (SSSR count). The number of carbonyl (C=O) groups is 2. The molecule has 3 aromatic rings. The van der Waals surface area contributed by atoms with E-state index >= 15 is 0 Å². The Morgan fingerprint density at radius 2 is 1.64 bits per heavy atom. The van der Waals surface area contributed by atoms with Crippen molar-refractivity contribution >= 4 is 22.6 Å². The fourth-order valence-corrected chi connectivity index (χ4v) is 3.73. The second-order valence-electron chi connectivity index (χ2n) is 9.78. The van der Waals surface area contributed by atoms with E-state index in [4.69, 9.17) is 4.74 Å². The molecule has 0 unspecified atom stereocenters. The second-order valence-corrected chi connectivity index (χ2v) is 9.78. The monoisotopic (exact) mass is 503 g/mol. The van der Waals surface area contributed by atoms with Crippen LogP contribution in [0.4, 0.5) is 13.2 Å². The molecule has 2 N–H and O–H groups in total. The molecular weight excluding hydrogens is 475 g/mol. The fraction of sp³-hybridized carbons (Fsp3) is 0.333. The normalized spacial score (nSPS) is 12.8. The number of alkyl halides is 3. The lowest BCUT2D eigenvalue weighted by molar-refractivity contribution is -0.274. The minimum atomic E-state index is -4.79. The highest BCUT2D eigenvalue weighted by Crippen LogP contribution is 2.32. The minimum Gasteiger partial charge on any atom is -0.487 e. The van der Waals surface area contributed by atoms with Gasteiger partial charge in [0.25, 0.3) is 5.91 Å². The first-order chi connectivity index (χ1) is 16.7. The first-order valence-corrected chi connectivity index (χ1v) is 11.3. The Hall–Kier alpha value is -3.75. The van der Waals surface area contributed by atoms with Gasteiger partial charge in [0.15, 0.2) is 0 Å². The van der Waals surface area contributed by atoms with Crippen LogP contribution in [0.1, 0.15) is 48.7 Å². The molecule has 0 aliphatic carbocycles. The molecule has 0 radical (unpaired) electrons. The third kappa shape index (κ3) is 7.37. The molecule has 0 spiro atoms. The van der Waals surface area contributed by atoms with E-state index in [1.165, 1.54) is 24.3 Å². The highest BCUT2D eigenvalue weighted by Gasteiger charge is 2.31. The van der Waals surface area contributed by atoms with Gasteiger partial charge in [-0.1, -0.05) is 56.7 Å². The molecule has 192 valence electrons. The molecule has 0 fully saturated rings. The van der Waals surface area contributed by atoms with Gasteiger partial charge < -0.3 is 19.9 Å². The number of hydrogen-bond donors (Lipinski definition) is 2. The van der Waals surface area contributed by atoms with Gasteiger partial charge >= 0.3 is 12.3 Å². The van der Waals surface area contributed by atoms with Gasteiger partial charge in [0.2, 0.25) is 0 Å². The van der Waals surface area contributed by atoms with E-state index < -0.39 is 24.3 Å². The number of rotatable bonds is 8. The molecule has 3 aromatic carbocycles. The van der Waals surface area contributed by atoms with E-state index in [0.29, 0.717) is 10.9 Å². The van der Waals surface area contributed by atoms with Gasteiger partial charge in [0, 0.05) is 5.39 Å². The molecule has 0 bridgehead atoms. The van der Waals surface area contributed by atoms with Crippen LogP contribution >= 0.6 is 0 Å². The number of halogens is 3. The summed E-state index contributed by atoms with van der Waals surface area (Å²) in [7, 11) is 0. The van der Waals surface area contributed by atoms with Gasteiger partial charge in [0.1, 0.15) is 24.1 Å². The first kappa shape index (κ1) is 26.8. The number of aliphatic carboxylic acids is 1. The van der Waals surface area contributed by atoms with Crippen LogP contribution in [0.15, 0.2) is 54.6 Å². The number of benzene rings is 3. The molecule has 0 aromatic heterocycles. The van der Waals surface area contributed by atoms with Crippen LogP contribution in [0, 0.1) is 12.3 Å². The Morgan fingerprint density at radius 3 is 2.22 bits per heavy atom. The van der Waals surface area contributed by atoms with Crippen LogP contribution in [0.25, 0.3) is 10.8 Å². The van der Waals surface area contributed by atoms with Crippen LogP contribution in [-0.2, 0) is 11.4 Å². The van der Waals surface area contributed by atoms with Crippen molar-refractivity contribution in [1.82, 2.24) is 5.32 Å². The molecule has 0 heterocycles. The summed E-state index contributed by atoms with van der Waals surface area (Å²) in [5.74, 6) is -1.84. The largest absolute Gasteiger partial charge is 0.573 e. The Labute approximate surface area is 207 Å². The highest BCUT2D eigenvalue weighted by molar-refractivity contribution is 6.05. The van der Waals surface area contributed by atoms with E-state index in [2.05, 4.69) is 10.1 Å². The zero-order valence-electron chi connectivity index (χ0n) is 20.4. The number of ether oxygens (including phenoxy) is 2. The van der Waals surface area contributed by atoms with E-state index in [-0.39, 0.29) is 35.5 Å². The predicted molar refractivity (Wildman–Crippen MR) is 129 cm³/mol. The minimum absolute atomic E-state index is 0.0377. The lowest BCUT2D eigenvalue weighted by Gasteiger charge is -2.24. The molecule has 0 saturated carbocycles. The number of amides is 1. The van der Waals surface area contributed by atoms with E-state index in [9.17, 15) is 27.9 Å². The van der Waals surface area contributed by atoms with Crippen LogP contribution in [0.2, 0.25) is 0 Å². The predicted octanol–water partition coefficient (Wildman–Crippen LogP) is 6.25. The SMILES string of the molecule is Cc1ccc2ccc(C(=O)N[C@@H](CC(C)(C)C)C(=O)O)c(OCc3ccc(OC(F)(F)F)cc3)c2c1. The maximum Gasteiger partial charge on any atom is 0.573 e. The van der Waals surface area contributed by atoms with Crippen LogP contribution < -0.4 is 14.8 Å². The third-order valence-corrected chi connectivity index (χ3v) is 5.33. The molecular formula is C27H28F3NO5. The van der Waals surface area contributed by atoms with Gasteiger partial charge in [-0.25, -0.2) is 4.79 Å². The summed E-state index contributed by atoms with van der Waals surface area (Å²) in [4.78, 5) is 25.0. The average molecular weight is 504 g/mol. The maximum atomic E-state index is 13.2. The van der Waals surface area contributed by atoms with Crippen molar-refractivity contribution in [3.63, 3.8) is 0 Å². The van der Waals surface area contributed by atoms with Crippen molar-refractivity contribution in [2.75, 3.05) is 0 Å². The Balaban J connectivity index is 1.91. The standard InChI is InChI=1S/C27H28F3NO5/c1-16-5-8-18-9-12-20(24(32)31-22(25(33)34)14-26(2,3)4)23(21(18)13-16)35-15-17-6-10-19(11-7-17)36-27(28,29)30/h5-13,22H,14-15H2,1-4H3,(H,31,32)(H,33,34)/t22-/m0/s1. The molecule has 1 atom stereocenters. The summed E-state index contributed by atoms with van der Waals surface area (Å²) in [5, 5.41) is 13.7. The van der Waals surface area contributed by atoms with Crippen molar-refractivity contribution in [3.05, 3.63) is 71.3 Å². The van der Waals surface area contributed by atoms with E-state index in [0.717, 1.165) is 10.9 Å². The summed E-state index contributed by atoms with van der Waals surface area (Å²) in [6, 6.07) is 13.1. The van der Waals surface area contributed by atoms with E-state index in [1.807, 2.05) is 45.9 Å². The van der Waals surface area contributed by atoms with Gasteiger partial charge in [-0.3, -0.25) is 4.79 Å². The number of hydrogen-bond acceptors (Lipinski definition) is 4. The van der Waals surface area contributed by atoms with Gasteiger partial charge in [-0.15, -0.1) is 13.2 Å². The number of carboxylic acid groups (broad SMARTS) is 1. The molecule has 0 aliphatic rings. The molecule has 0 aliphatic heterocycles. The van der Waals surface area contributed by atoms with Gasteiger partial charge in [-0.05, 0) is 54.0 Å².